The highest BCUT2D eigenvalue weighted by Gasteiger charge is 2.60. The highest BCUT2D eigenvalue weighted by molar-refractivity contribution is 5.08. The van der Waals surface area contributed by atoms with E-state index in [0.29, 0.717) is 6.42 Å². The molecule has 1 aliphatic heterocycles. The zero-order chi connectivity index (χ0) is 8.82. The normalized spacial score (nSPS) is 45.8. The minimum absolute atomic E-state index is 0.0623. The van der Waals surface area contributed by atoms with Crippen LogP contribution >= 0.6 is 0 Å². The van der Waals surface area contributed by atoms with Crippen LogP contribution in [0.1, 0.15) is 39.5 Å². The molecule has 1 nitrogen and oxygen atoms in total. The Morgan fingerprint density at radius 2 is 2.08 bits per heavy atom. The maximum atomic E-state index is 13.7. The second kappa shape index (κ2) is 2.44. The molecular weight excluding hydrogens is 155 g/mol. The molecule has 2 rings (SSSR count). The third-order valence-electron chi connectivity index (χ3n) is 3.60. The lowest BCUT2D eigenvalue weighted by atomic mass is 9.62. The topological polar surface area (TPSA) is 9.23 Å². The van der Waals surface area contributed by atoms with Crippen molar-refractivity contribution < 1.29 is 9.13 Å². The standard InChI is InChI=1S/C10H17FO/c1-9(2)7-12-10(9)6-4-3-5-8(10)11/h8H,3-7H2,1-2H3. The van der Waals surface area contributed by atoms with Crippen LogP contribution in [-0.4, -0.2) is 18.4 Å². The third kappa shape index (κ3) is 0.875. The Bertz CT molecular complexity index is 190. The van der Waals surface area contributed by atoms with Crippen molar-refractivity contribution >= 4 is 0 Å². The number of ether oxygens (including phenoxy) is 1. The minimum Gasteiger partial charge on any atom is -0.371 e. The van der Waals surface area contributed by atoms with Crippen LogP contribution in [-0.2, 0) is 4.74 Å². The van der Waals surface area contributed by atoms with Gasteiger partial charge in [-0.05, 0) is 12.8 Å². The van der Waals surface area contributed by atoms with E-state index in [4.69, 9.17) is 4.74 Å². The second-order valence-corrected chi connectivity index (χ2v) is 4.78. The Morgan fingerprint density at radius 1 is 1.33 bits per heavy atom. The first-order valence-corrected chi connectivity index (χ1v) is 4.87. The van der Waals surface area contributed by atoms with Crippen LogP contribution < -0.4 is 0 Å². The van der Waals surface area contributed by atoms with E-state index >= 15 is 0 Å². The molecule has 1 spiro atoms. The smallest absolute Gasteiger partial charge is 0.130 e. The van der Waals surface area contributed by atoms with Gasteiger partial charge in [0.15, 0.2) is 0 Å². The van der Waals surface area contributed by atoms with Gasteiger partial charge < -0.3 is 4.74 Å². The average Bonchev–Trinajstić information content (AvgIpc) is 2.03. The summed E-state index contributed by atoms with van der Waals surface area (Å²) in [5.41, 5.74) is -0.349. The van der Waals surface area contributed by atoms with Crippen LogP contribution in [0.4, 0.5) is 4.39 Å². The molecule has 0 aromatic heterocycles. The summed E-state index contributed by atoms with van der Waals surface area (Å²) in [6.45, 7) is 4.97. The van der Waals surface area contributed by atoms with E-state index in [1.54, 1.807) is 0 Å². The molecule has 1 aliphatic carbocycles. The van der Waals surface area contributed by atoms with E-state index in [1.807, 2.05) is 0 Å². The number of hydrogen-bond donors (Lipinski definition) is 0. The van der Waals surface area contributed by atoms with Gasteiger partial charge in [-0.1, -0.05) is 26.7 Å². The predicted octanol–water partition coefficient (Wildman–Crippen LogP) is 2.69. The van der Waals surface area contributed by atoms with Gasteiger partial charge in [0.25, 0.3) is 0 Å². The lowest BCUT2D eigenvalue weighted by Gasteiger charge is -2.59. The highest BCUT2D eigenvalue weighted by Crippen LogP contribution is 2.53. The minimum atomic E-state index is -0.727. The van der Waals surface area contributed by atoms with Gasteiger partial charge in [-0.2, -0.15) is 0 Å². The molecule has 0 bridgehead atoms. The van der Waals surface area contributed by atoms with Crippen LogP contribution in [0, 0.1) is 5.41 Å². The fourth-order valence-corrected chi connectivity index (χ4v) is 2.57. The van der Waals surface area contributed by atoms with Crippen LogP contribution in [0.25, 0.3) is 0 Å². The Kier molecular flexibility index (Phi) is 1.73. The third-order valence-corrected chi connectivity index (χ3v) is 3.60. The van der Waals surface area contributed by atoms with Crippen LogP contribution in [0.5, 0.6) is 0 Å². The van der Waals surface area contributed by atoms with Crippen molar-refractivity contribution in [2.24, 2.45) is 5.41 Å². The molecule has 0 amide bonds. The Hall–Kier alpha value is -0.110. The summed E-state index contributed by atoms with van der Waals surface area (Å²) in [6, 6.07) is 0. The lowest BCUT2D eigenvalue weighted by Crippen LogP contribution is -2.66. The summed E-state index contributed by atoms with van der Waals surface area (Å²) in [5, 5.41) is 0. The molecule has 2 heteroatoms. The molecule has 2 atom stereocenters. The maximum absolute atomic E-state index is 13.7. The monoisotopic (exact) mass is 172 g/mol. The lowest BCUT2D eigenvalue weighted by molar-refractivity contribution is -0.291. The van der Waals surface area contributed by atoms with Crippen LogP contribution in [0.15, 0.2) is 0 Å². The first-order chi connectivity index (χ1) is 5.58. The SMILES string of the molecule is CC1(C)COC12CCCCC2F. The molecule has 0 radical (unpaired) electrons. The van der Waals surface area contributed by atoms with Gasteiger partial charge in [0.1, 0.15) is 11.8 Å². The van der Waals surface area contributed by atoms with E-state index in [2.05, 4.69) is 13.8 Å². The van der Waals surface area contributed by atoms with E-state index in [1.165, 1.54) is 0 Å². The zero-order valence-corrected chi connectivity index (χ0v) is 7.90. The summed E-state index contributed by atoms with van der Waals surface area (Å²) in [6.07, 6.45) is 3.05. The Labute approximate surface area is 73.3 Å². The first kappa shape index (κ1) is 8.49. The molecule has 70 valence electrons. The molecule has 0 aromatic rings. The summed E-state index contributed by atoms with van der Waals surface area (Å²) in [7, 11) is 0. The molecule has 2 fully saturated rings. The largest absolute Gasteiger partial charge is 0.371 e. The second-order valence-electron chi connectivity index (χ2n) is 4.78. The summed E-state index contributed by atoms with van der Waals surface area (Å²) < 4.78 is 19.2. The van der Waals surface area contributed by atoms with Gasteiger partial charge in [-0.25, -0.2) is 4.39 Å². The van der Waals surface area contributed by atoms with E-state index in [-0.39, 0.29) is 5.41 Å². The molecule has 12 heavy (non-hydrogen) atoms. The molecule has 0 N–H and O–H groups in total. The van der Waals surface area contributed by atoms with Crippen molar-refractivity contribution in [3.05, 3.63) is 0 Å². The Morgan fingerprint density at radius 3 is 2.42 bits per heavy atom. The average molecular weight is 172 g/mol. The van der Waals surface area contributed by atoms with Crippen LogP contribution in [0.2, 0.25) is 0 Å². The van der Waals surface area contributed by atoms with Gasteiger partial charge in [-0.3, -0.25) is 0 Å². The van der Waals surface area contributed by atoms with E-state index in [9.17, 15) is 4.39 Å². The summed E-state index contributed by atoms with van der Waals surface area (Å²) in [5.74, 6) is 0. The summed E-state index contributed by atoms with van der Waals surface area (Å²) in [4.78, 5) is 0. The van der Waals surface area contributed by atoms with Gasteiger partial charge in [0.2, 0.25) is 0 Å². The van der Waals surface area contributed by atoms with Crippen molar-refractivity contribution in [1.82, 2.24) is 0 Å². The maximum Gasteiger partial charge on any atom is 0.130 e. The molecule has 2 aliphatic rings. The number of alkyl halides is 1. The number of rotatable bonds is 0. The predicted molar refractivity (Wildman–Crippen MR) is 45.8 cm³/mol. The van der Waals surface area contributed by atoms with Crippen LogP contribution in [0.3, 0.4) is 0 Å². The summed E-state index contributed by atoms with van der Waals surface area (Å²) >= 11 is 0. The molecule has 1 saturated heterocycles. The van der Waals surface area contributed by atoms with Gasteiger partial charge in [0.05, 0.1) is 6.61 Å². The number of halogens is 1. The molecule has 2 unspecified atom stereocenters. The quantitative estimate of drug-likeness (QED) is 0.546. The van der Waals surface area contributed by atoms with E-state index < -0.39 is 11.8 Å². The van der Waals surface area contributed by atoms with Crippen molar-refractivity contribution in [2.45, 2.75) is 51.3 Å². The fourth-order valence-electron chi connectivity index (χ4n) is 2.57. The zero-order valence-electron chi connectivity index (χ0n) is 7.90. The highest BCUT2D eigenvalue weighted by atomic mass is 19.1. The molecule has 1 saturated carbocycles. The van der Waals surface area contributed by atoms with Gasteiger partial charge >= 0.3 is 0 Å². The van der Waals surface area contributed by atoms with Crippen molar-refractivity contribution in [3.63, 3.8) is 0 Å². The van der Waals surface area contributed by atoms with Crippen molar-refractivity contribution in [1.29, 1.82) is 0 Å². The Balaban J connectivity index is 2.18. The molecular formula is C10H17FO. The molecule has 1 heterocycles. The van der Waals surface area contributed by atoms with Gasteiger partial charge in [0, 0.05) is 5.41 Å². The fraction of sp³-hybridized carbons (Fsp3) is 1.00. The van der Waals surface area contributed by atoms with Crippen molar-refractivity contribution in [3.8, 4) is 0 Å². The molecule has 0 aromatic carbocycles. The number of hydrogen-bond acceptors (Lipinski definition) is 1. The van der Waals surface area contributed by atoms with Crippen molar-refractivity contribution in [2.75, 3.05) is 6.61 Å². The van der Waals surface area contributed by atoms with Gasteiger partial charge in [-0.15, -0.1) is 0 Å². The van der Waals surface area contributed by atoms with E-state index in [0.717, 1.165) is 25.9 Å². The first-order valence-electron chi connectivity index (χ1n) is 4.87.